The Morgan fingerprint density at radius 3 is 2.78 bits per heavy atom. The second-order valence-corrected chi connectivity index (χ2v) is 11.2. The van der Waals surface area contributed by atoms with E-state index in [4.69, 9.17) is 27.9 Å². The van der Waals surface area contributed by atoms with E-state index in [0.29, 0.717) is 40.9 Å². The van der Waals surface area contributed by atoms with Crippen LogP contribution in [0, 0.1) is 11.2 Å². The van der Waals surface area contributed by atoms with Crippen LogP contribution in [0.25, 0.3) is 10.9 Å². The Morgan fingerprint density at radius 2 is 2.05 bits per heavy atom. The molecule has 2 aromatic carbocycles. The summed E-state index contributed by atoms with van der Waals surface area (Å²) in [6.45, 7) is 6.20. The maximum atomic E-state index is 14.8. The smallest absolute Gasteiger partial charge is 0.258 e. The predicted octanol–water partition coefficient (Wildman–Crippen LogP) is 3.76. The first-order chi connectivity index (χ1) is 17.7. The fourth-order valence-electron chi connectivity index (χ4n) is 5.73. The van der Waals surface area contributed by atoms with Gasteiger partial charge in [0.1, 0.15) is 11.6 Å². The van der Waals surface area contributed by atoms with E-state index < -0.39 is 5.82 Å². The summed E-state index contributed by atoms with van der Waals surface area (Å²) in [5, 5.41) is 4.17. The summed E-state index contributed by atoms with van der Waals surface area (Å²) >= 11 is 12.6. The van der Waals surface area contributed by atoms with Crippen LogP contribution in [0.2, 0.25) is 10.0 Å². The minimum atomic E-state index is -0.621. The van der Waals surface area contributed by atoms with E-state index in [0.717, 1.165) is 43.5 Å². The summed E-state index contributed by atoms with van der Waals surface area (Å²) in [7, 11) is 0. The molecule has 1 spiro atoms. The molecule has 1 unspecified atom stereocenters. The van der Waals surface area contributed by atoms with Crippen LogP contribution in [-0.2, 0) is 22.5 Å². The molecule has 0 radical (unpaired) electrons. The van der Waals surface area contributed by atoms with E-state index in [2.05, 4.69) is 20.2 Å². The molecule has 2 N–H and O–H groups in total. The Balaban J connectivity index is 1.16. The summed E-state index contributed by atoms with van der Waals surface area (Å²) in [5.74, 6) is -0.279. The lowest BCUT2D eigenvalue weighted by molar-refractivity contribution is -0.191. The predicted molar refractivity (Wildman–Crippen MR) is 140 cm³/mol. The third-order valence-corrected chi connectivity index (χ3v) is 8.12. The molecule has 2 fully saturated rings. The second-order valence-electron chi connectivity index (χ2n) is 10.3. The first-order valence-corrected chi connectivity index (χ1v) is 13.0. The Kier molecular flexibility index (Phi) is 6.14. The quantitative estimate of drug-likeness (QED) is 0.507. The molecule has 0 saturated carbocycles. The minimum Gasteiger partial charge on any atom is -0.380 e. The van der Waals surface area contributed by atoms with Crippen molar-refractivity contribution in [2.75, 3.05) is 44.7 Å². The fourth-order valence-corrected chi connectivity index (χ4v) is 6.43. The van der Waals surface area contributed by atoms with Gasteiger partial charge in [0.25, 0.3) is 5.56 Å². The zero-order valence-corrected chi connectivity index (χ0v) is 21.8. The summed E-state index contributed by atoms with van der Waals surface area (Å²) in [6.07, 6.45) is 0.636. The maximum Gasteiger partial charge on any atom is 0.258 e. The molecule has 1 atom stereocenters. The highest BCUT2D eigenvalue weighted by Gasteiger charge is 2.48. The molecule has 1 aromatic heterocycles. The average molecular weight is 546 g/mol. The number of ether oxygens (including phenoxy) is 1. The van der Waals surface area contributed by atoms with Crippen LogP contribution in [-0.4, -0.2) is 65.1 Å². The summed E-state index contributed by atoms with van der Waals surface area (Å²) in [4.78, 5) is 36.9. The molecule has 3 aromatic rings. The third kappa shape index (κ3) is 4.48. The van der Waals surface area contributed by atoms with Crippen LogP contribution >= 0.6 is 23.2 Å². The number of H-pyrrole nitrogens is 1. The Labute approximate surface area is 222 Å². The van der Waals surface area contributed by atoms with Gasteiger partial charge in [0, 0.05) is 35.1 Å². The number of hydrogen-bond acceptors (Lipinski definition) is 6. The van der Waals surface area contributed by atoms with Gasteiger partial charge in [-0.3, -0.25) is 14.5 Å². The molecule has 1 amide bonds. The van der Waals surface area contributed by atoms with Crippen molar-refractivity contribution in [2.24, 2.45) is 5.41 Å². The second kappa shape index (κ2) is 9.23. The van der Waals surface area contributed by atoms with E-state index in [-0.39, 0.29) is 40.5 Å². The van der Waals surface area contributed by atoms with Crippen molar-refractivity contribution < 1.29 is 13.9 Å². The molecule has 37 heavy (non-hydrogen) atoms. The van der Waals surface area contributed by atoms with E-state index in [1.807, 2.05) is 13.0 Å². The zero-order chi connectivity index (χ0) is 25.9. The van der Waals surface area contributed by atoms with Gasteiger partial charge in [-0.2, -0.15) is 0 Å². The Hall–Kier alpha value is -2.72. The Morgan fingerprint density at radius 1 is 1.27 bits per heavy atom. The van der Waals surface area contributed by atoms with Crippen molar-refractivity contribution in [3.63, 3.8) is 0 Å². The molecule has 11 heteroatoms. The lowest BCUT2D eigenvalue weighted by atomic mass is 9.78. The standard InChI is InChI=1S/C26H26Cl2FN5O3/c1-14-24-15(4-16(27)5-18(24)28)2-3-34(14)23(35)8-30-21-7-20-17(6-19(21)29)25(36)32-22(31-20)9-33-10-26(11-33)12-37-13-26/h4-7,14,30H,2-3,8-13H2,1H3,(H,31,32,36). The summed E-state index contributed by atoms with van der Waals surface area (Å²) in [5.41, 5.74) is 2.29. The number of amides is 1. The number of hydrogen-bond donors (Lipinski definition) is 2. The monoisotopic (exact) mass is 545 g/mol. The number of benzene rings is 2. The summed E-state index contributed by atoms with van der Waals surface area (Å²) < 4.78 is 20.2. The average Bonchev–Trinajstić information content (AvgIpc) is 2.78. The van der Waals surface area contributed by atoms with Crippen molar-refractivity contribution in [1.29, 1.82) is 0 Å². The van der Waals surface area contributed by atoms with Crippen LogP contribution in [0.4, 0.5) is 10.1 Å². The number of anilines is 1. The van der Waals surface area contributed by atoms with Gasteiger partial charge in [-0.05, 0) is 48.7 Å². The molecule has 3 aliphatic rings. The molecule has 8 nitrogen and oxygen atoms in total. The van der Waals surface area contributed by atoms with Gasteiger partial charge in [-0.15, -0.1) is 0 Å². The van der Waals surface area contributed by atoms with E-state index in [1.54, 1.807) is 11.0 Å². The van der Waals surface area contributed by atoms with E-state index >= 15 is 0 Å². The molecule has 0 aliphatic carbocycles. The van der Waals surface area contributed by atoms with Crippen molar-refractivity contribution in [1.82, 2.24) is 19.8 Å². The van der Waals surface area contributed by atoms with Crippen LogP contribution in [0.3, 0.4) is 0 Å². The van der Waals surface area contributed by atoms with Gasteiger partial charge in [0.05, 0.1) is 48.9 Å². The van der Waals surface area contributed by atoms with Crippen molar-refractivity contribution in [3.8, 4) is 0 Å². The number of nitrogens with one attached hydrogen (secondary N) is 2. The molecule has 6 rings (SSSR count). The number of aromatic nitrogens is 2. The van der Waals surface area contributed by atoms with E-state index in [1.165, 1.54) is 6.07 Å². The van der Waals surface area contributed by atoms with Crippen LogP contribution in [0.1, 0.15) is 29.9 Å². The lowest BCUT2D eigenvalue weighted by Crippen LogP contribution is -2.65. The third-order valence-electron chi connectivity index (χ3n) is 7.59. The van der Waals surface area contributed by atoms with Gasteiger partial charge in [-0.25, -0.2) is 9.37 Å². The zero-order valence-electron chi connectivity index (χ0n) is 20.2. The number of rotatable bonds is 5. The van der Waals surface area contributed by atoms with Gasteiger partial charge >= 0.3 is 0 Å². The molecule has 0 bridgehead atoms. The first-order valence-electron chi connectivity index (χ1n) is 12.3. The van der Waals surface area contributed by atoms with Crippen LogP contribution in [0.15, 0.2) is 29.1 Å². The Bertz CT molecular complexity index is 1470. The van der Waals surface area contributed by atoms with Gasteiger partial charge in [0.15, 0.2) is 0 Å². The van der Waals surface area contributed by atoms with Crippen LogP contribution < -0.4 is 10.9 Å². The topological polar surface area (TPSA) is 90.6 Å². The van der Waals surface area contributed by atoms with Gasteiger partial charge < -0.3 is 19.9 Å². The van der Waals surface area contributed by atoms with Crippen molar-refractivity contribution in [3.05, 3.63) is 67.4 Å². The van der Waals surface area contributed by atoms with Crippen molar-refractivity contribution >= 4 is 45.7 Å². The first kappa shape index (κ1) is 24.6. The van der Waals surface area contributed by atoms with Gasteiger partial charge in [-0.1, -0.05) is 23.2 Å². The molecule has 3 aliphatic heterocycles. The van der Waals surface area contributed by atoms with Crippen LogP contribution in [0.5, 0.6) is 0 Å². The molecule has 194 valence electrons. The number of fused-ring (bicyclic) bond motifs is 2. The van der Waals surface area contributed by atoms with Gasteiger partial charge in [0.2, 0.25) is 5.91 Å². The number of likely N-dealkylation sites (tertiary alicyclic amines) is 1. The SMILES string of the molecule is CC1c2c(Cl)cc(Cl)cc2CCN1C(=O)CNc1cc2nc(CN3CC4(COC4)C3)[nH]c(=O)c2cc1F. The number of aromatic amines is 1. The summed E-state index contributed by atoms with van der Waals surface area (Å²) in [6, 6.07) is 5.97. The lowest BCUT2D eigenvalue weighted by Gasteiger charge is -2.54. The highest BCUT2D eigenvalue weighted by molar-refractivity contribution is 6.35. The molecular weight excluding hydrogens is 520 g/mol. The molecule has 4 heterocycles. The number of halogens is 3. The molecule has 2 saturated heterocycles. The number of nitrogens with zero attached hydrogens (tertiary/aromatic N) is 3. The van der Waals surface area contributed by atoms with E-state index in [9.17, 15) is 14.0 Å². The van der Waals surface area contributed by atoms with Crippen molar-refractivity contribution in [2.45, 2.75) is 25.9 Å². The highest BCUT2D eigenvalue weighted by atomic mass is 35.5. The number of carbonyl (C=O) groups is 1. The normalized spacial score (nSPS) is 20.4. The maximum absolute atomic E-state index is 14.8. The fraction of sp³-hybridized carbons (Fsp3) is 0.423. The largest absolute Gasteiger partial charge is 0.380 e. The minimum absolute atomic E-state index is 0.110. The highest BCUT2D eigenvalue weighted by Crippen LogP contribution is 2.38. The number of carbonyl (C=O) groups excluding carboxylic acids is 1. The molecular formula is C26H26Cl2FN5O3.